The van der Waals surface area contributed by atoms with Crippen LogP contribution in [0.3, 0.4) is 0 Å². The fourth-order valence-corrected chi connectivity index (χ4v) is 6.63. The van der Waals surface area contributed by atoms with Crippen molar-refractivity contribution in [3.8, 4) is 17.5 Å². The summed E-state index contributed by atoms with van der Waals surface area (Å²) < 4.78 is 76.6. The smallest absolute Gasteiger partial charge is 0.345 e. The second-order valence-corrected chi connectivity index (χ2v) is 13.3. The van der Waals surface area contributed by atoms with E-state index in [0.717, 1.165) is 0 Å². The van der Waals surface area contributed by atoms with Gasteiger partial charge in [-0.3, -0.25) is 4.79 Å². The van der Waals surface area contributed by atoms with Gasteiger partial charge in [0.15, 0.2) is 9.84 Å². The van der Waals surface area contributed by atoms with Crippen molar-refractivity contribution < 1.29 is 35.9 Å². The van der Waals surface area contributed by atoms with Crippen molar-refractivity contribution in [2.45, 2.75) is 49.3 Å². The third kappa shape index (κ3) is 7.75. The third-order valence-corrected chi connectivity index (χ3v) is 9.83. The predicted molar refractivity (Wildman–Crippen MR) is 167 cm³/mol. The lowest BCUT2D eigenvalue weighted by Crippen LogP contribution is -2.34. The number of carbonyl (C=O) groups is 1. The molecule has 4 aromatic rings. The van der Waals surface area contributed by atoms with Crippen LogP contribution in [-0.4, -0.2) is 61.8 Å². The van der Waals surface area contributed by atoms with Crippen LogP contribution >= 0.6 is 0 Å². The number of amides is 1. The Hall–Kier alpha value is -4.87. The summed E-state index contributed by atoms with van der Waals surface area (Å²) in [5, 5.41) is 13.5. The van der Waals surface area contributed by atoms with Crippen LogP contribution in [0, 0.1) is 17.3 Å². The van der Waals surface area contributed by atoms with Gasteiger partial charge in [0.2, 0.25) is 11.9 Å². The SMILES string of the molecule is CCS(=O)(=O)c1ccc([C@H](CC#N)c2cc(N3C[C@@H](Oc4ccc(-n5ccc(F)n5)cc4)C[C@H]3COC(F)F)ccc2C(N)=O)cc1. The number of alkyl halides is 2. The standard InChI is InChI=1S/C33H32F3N5O5S/c1-2-47(43,44)27-10-3-21(4-11-27)28(13-15-37)30-18-23(7-12-29(30)32(38)42)40-19-26(17-24(40)20-45-33(35)36)46-25-8-5-22(6-9-25)41-16-14-31(34)39-41/h3-12,14,16,18,24,26,28,33H,2,13,17,19-20H2,1H3,(H2,38,42)/t24-,26-,28-/m0/s1. The van der Waals surface area contributed by atoms with Gasteiger partial charge in [0.25, 0.3) is 0 Å². The van der Waals surface area contributed by atoms with Crippen LogP contribution in [0.4, 0.5) is 18.9 Å². The molecule has 47 heavy (non-hydrogen) atoms. The first-order valence-electron chi connectivity index (χ1n) is 14.8. The number of carbonyl (C=O) groups excluding carboxylic acids is 1. The Balaban J connectivity index is 1.44. The van der Waals surface area contributed by atoms with E-state index in [1.54, 1.807) is 55.5 Å². The molecule has 1 aliphatic rings. The van der Waals surface area contributed by atoms with Gasteiger partial charge in [-0.05, 0) is 65.7 Å². The highest BCUT2D eigenvalue weighted by Crippen LogP contribution is 2.36. The van der Waals surface area contributed by atoms with E-state index in [9.17, 15) is 31.6 Å². The largest absolute Gasteiger partial charge is 0.489 e. The highest BCUT2D eigenvalue weighted by molar-refractivity contribution is 7.91. The van der Waals surface area contributed by atoms with Gasteiger partial charge in [0.05, 0.1) is 41.6 Å². The fourth-order valence-electron chi connectivity index (χ4n) is 5.75. The topological polar surface area (TPSA) is 141 Å². The number of anilines is 1. The molecule has 0 saturated carbocycles. The summed E-state index contributed by atoms with van der Waals surface area (Å²) in [6.07, 6.45) is 1.34. The van der Waals surface area contributed by atoms with E-state index in [2.05, 4.69) is 11.2 Å². The average molecular weight is 668 g/mol. The minimum atomic E-state index is -3.46. The van der Waals surface area contributed by atoms with Crippen molar-refractivity contribution in [1.82, 2.24) is 9.78 Å². The molecule has 3 aromatic carbocycles. The number of ether oxygens (including phenoxy) is 2. The third-order valence-electron chi connectivity index (χ3n) is 8.08. The number of rotatable bonds is 13. The number of nitrogens with zero attached hydrogens (tertiary/aromatic N) is 4. The van der Waals surface area contributed by atoms with Gasteiger partial charge in [-0.25, -0.2) is 13.1 Å². The van der Waals surface area contributed by atoms with Gasteiger partial charge in [-0.15, -0.1) is 5.10 Å². The molecule has 1 fully saturated rings. The summed E-state index contributed by atoms with van der Waals surface area (Å²) in [6.45, 7) is -1.46. The van der Waals surface area contributed by atoms with Gasteiger partial charge >= 0.3 is 6.61 Å². The molecule has 1 amide bonds. The number of nitrogens with two attached hydrogens (primary N) is 1. The minimum Gasteiger partial charge on any atom is -0.489 e. The molecule has 3 atom stereocenters. The van der Waals surface area contributed by atoms with Gasteiger partial charge in [-0.1, -0.05) is 19.1 Å². The van der Waals surface area contributed by atoms with Crippen LogP contribution in [-0.2, 0) is 14.6 Å². The lowest BCUT2D eigenvalue weighted by atomic mass is 9.85. The molecule has 5 rings (SSSR count). The molecule has 10 nitrogen and oxygen atoms in total. The fraction of sp³-hybridized carbons (Fsp3) is 0.303. The van der Waals surface area contributed by atoms with Crippen LogP contribution in [0.5, 0.6) is 5.75 Å². The van der Waals surface area contributed by atoms with Crippen molar-refractivity contribution in [3.05, 3.63) is 102 Å². The number of benzene rings is 3. The lowest BCUT2D eigenvalue weighted by Gasteiger charge is -2.28. The molecule has 2 N–H and O–H groups in total. The van der Waals surface area contributed by atoms with E-state index in [-0.39, 0.29) is 35.8 Å². The lowest BCUT2D eigenvalue weighted by molar-refractivity contribution is -0.131. The first-order valence-corrected chi connectivity index (χ1v) is 16.4. The number of primary amides is 1. The minimum absolute atomic E-state index is 0.0472. The first kappa shape index (κ1) is 33.5. The number of hydrogen-bond donors (Lipinski definition) is 1. The van der Waals surface area contributed by atoms with Crippen molar-refractivity contribution >= 4 is 21.4 Å². The van der Waals surface area contributed by atoms with Crippen LogP contribution in [0.2, 0.25) is 0 Å². The second kappa shape index (κ2) is 14.3. The maximum atomic E-state index is 13.3. The Morgan fingerprint density at radius 2 is 1.79 bits per heavy atom. The number of halogens is 3. The summed E-state index contributed by atoms with van der Waals surface area (Å²) in [5.41, 5.74) is 8.13. The van der Waals surface area contributed by atoms with E-state index >= 15 is 0 Å². The van der Waals surface area contributed by atoms with E-state index < -0.39 is 46.4 Å². The maximum absolute atomic E-state index is 13.3. The molecule has 0 unspecified atom stereocenters. The van der Waals surface area contributed by atoms with Crippen LogP contribution in [0.1, 0.15) is 47.2 Å². The maximum Gasteiger partial charge on any atom is 0.345 e. The van der Waals surface area contributed by atoms with Crippen LogP contribution < -0.4 is 15.4 Å². The molecule has 1 saturated heterocycles. The van der Waals surface area contributed by atoms with E-state index in [4.69, 9.17) is 15.2 Å². The molecule has 1 aliphatic heterocycles. The molecule has 14 heteroatoms. The Morgan fingerprint density at radius 3 is 2.38 bits per heavy atom. The summed E-state index contributed by atoms with van der Waals surface area (Å²) in [4.78, 5) is 14.5. The molecule has 0 radical (unpaired) electrons. The predicted octanol–water partition coefficient (Wildman–Crippen LogP) is 5.21. The number of aromatic nitrogens is 2. The van der Waals surface area contributed by atoms with Crippen LogP contribution in [0.15, 0.2) is 83.9 Å². The monoisotopic (exact) mass is 667 g/mol. The zero-order valence-corrected chi connectivity index (χ0v) is 26.1. The van der Waals surface area contributed by atoms with Gasteiger partial charge in [0, 0.05) is 42.3 Å². The average Bonchev–Trinajstić information content (AvgIpc) is 3.68. The van der Waals surface area contributed by atoms with Crippen molar-refractivity contribution in [1.29, 1.82) is 5.26 Å². The van der Waals surface area contributed by atoms with E-state index in [1.807, 2.05) is 4.90 Å². The summed E-state index contributed by atoms with van der Waals surface area (Å²) in [6, 6.07) is 20.7. The first-order chi connectivity index (χ1) is 22.5. The van der Waals surface area contributed by atoms with Gasteiger partial charge < -0.3 is 20.1 Å². The second-order valence-electron chi connectivity index (χ2n) is 11.0. The van der Waals surface area contributed by atoms with E-state index in [1.165, 1.54) is 35.1 Å². The number of sulfone groups is 1. The Kier molecular flexibility index (Phi) is 10.2. The van der Waals surface area contributed by atoms with Crippen LogP contribution in [0.25, 0.3) is 5.69 Å². The quantitative estimate of drug-likeness (QED) is 0.205. The molecule has 0 aliphatic carbocycles. The van der Waals surface area contributed by atoms with Crippen molar-refractivity contribution in [2.75, 3.05) is 23.8 Å². The molecule has 0 bridgehead atoms. The molecule has 246 valence electrons. The summed E-state index contributed by atoms with van der Waals surface area (Å²) >= 11 is 0. The number of hydrogen-bond acceptors (Lipinski definition) is 8. The van der Waals surface area contributed by atoms with Gasteiger partial charge in [0.1, 0.15) is 11.9 Å². The Morgan fingerprint density at radius 1 is 1.09 bits per heavy atom. The summed E-state index contributed by atoms with van der Waals surface area (Å²) in [5.74, 6) is -1.54. The molecular weight excluding hydrogens is 635 g/mol. The zero-order valence-electron chi connectivity index (χ0n) is 25.3. The summed E-state index contributed by atoms with van der Waals surface area (Å²) in [7, 11) is -3.46. The molecule has 1 aromatic heterocycles. The Labute approximate surface area is 270 Å². The molecule has 0 spiro atoms. The highest BCUT2D eigenvalue weighted by atomic mass is 32.2. The van der Waals surface area contributed by atoms with E-state index in [0.29, 0.717) is 34.7 Å². The van der Waals surface area contributed by atoms with Crippen molar-refractivity contribution in [3.63, 3.8) is 0 Å². The van der Waals surface area contributed by atoms with Crippen molar-refractivity contribution in [2.24, 2.45) is 5.73 Å². The van der Waals surface area contributed by atoms with Gasteiger partial charge in [-0.2, -0.15) is 18.4 Å². The molecule has 2 heterocycles. The Bertz CT molecular complexity index is 1860. The number of nitriles is 1. The zero-order chi connectivity index (χ0) is 33.7. The molecular formula is C33H32F3N5O5S. The highest BCUT2D eigenvalue weighted by Gasteiger charge is 2.35. The normalized spacial score (nSPS) is 17.1.